The summed E-state index contributed by atoms with van der Waals surface area (Å²) in [4.78, 5) is 2.48. The molecule has 1 aromatic carbocycles. The van der Waals surface area contributed by atoms with Gasteiger partial charge < -0.3 is 15.0 Å². The van der Waals surface area contributed by atoms with Gasteiger partial charge in [-0.2, -0.15) is 0 Å². The van der Waals surface area contributed by atoms with E-state index in [4.69, 9.17) is 4.74 Å². The van der Waals surface area contributed by atoms with Gasteiger partial charge in [0.05, 0.1) is 7.11 Å². The van der Waals surface area contributed by atoms with Gasteiger partial charge in [0.25, 0.3) is 0 Å². The molecule has 3 heteroatoms. The molecule has 1 fully saturated rings. The fourth-order valence-corrected chi connectivity index (χ4v) is 2.63. The number of hydrogen-bond acceptors (Lipinski definition) is 3. The lowest BCUT2D eigenvalue weighted by atomic mass is 9.99. The Kier molecular flexibility index (Phi) is 4.83. The van der Waals surface area contributed by atoms with E-state index in [1.807, 2.05) is 19.2 Å². The van der Waals surface area contributed by atoms with Gasteiger partial charge in [0.1, 0.15) is 5.75 Å². The largest absolute Gasteiger partial charge is 0.497 e. The molecule has 0 amide bonds. The molecule has 106 valence electrons. The van der Waals surface area contributed by atoms with E-state index in [1.165, 1.54) is 24.9 Å². The van der Waals surface area contributed by atoms with Gasteiger partial charge in [-0.25, -0.2) is 0 Å². The van der Waals surface area contributed by atoms with Crippen molar-refractivity contribution in [1.29, 1.82) is 0 Å². The van der Waals surface area contributed by atoms with Crippen LogP contribution in [0.5, 0.6) is 5.75 Å². The molecule has 0 aliphatic heterocycles. The molecule has 0 spiro atoms. The second kappa shape index (κ2) is 6.40. The van der Waals surface area contributed by atoms with E-state index in [1.54, 1.807) is 7.11 Å². The third-order valence-corrected chi connectivity index (χ3v) is 4.21. The van der Waals surface area contributed by atoms with Gasteiger partial charge in [0.15, 0.2) is 0 Å². The fourth-order valence-electron chi connectivity index (χ4n) is 2.63. The summed E-state index contributed by atoms with van der Waals surface area (Å²) in [7, 11) is 5.98. The summed E-state index contributed by atoms with van der Waals surface area (Å²) in [5, 5.41) is 3.45. The molecule has 1 saturated carbocycles. The number of rotatable bonds is 7. The lowest BCUT2D eigenvalue weighted by molar-refractivity contribution is 0.204. The minimum absolute atomic E-state index is 0.356. The van der Waals surface area contributed by atoms with Crippen LogP contribution in [0.25, 0.3) is 0 Å². The maximum atomic E-state index is 5.22. The van der Waals surface area contributed by atoms with Gasteiger partial charge in [-0.1, -0.05) is 12.1 Å². The molecule has 2 unspecified atom stereocenters. The first kappa shape index (κ1) is 14.4. The van der Waals surface area contributed by atoms with Crippen LogP contribution >= 0.6 is 0 Å². The number of benzene rings is 1. The molecule has 0 heterocycles. The zero-order valence-electron chi connectivity index (χ0n) is 12.5. The van der Waals surface area contributed by atoms with Crippen molar-refractivity contribution in [3.05, 3.63) is 29.8 Å². The second-order valence-electron chi connectivity index (χ2n) is 5.66. The summed E-state index contributed by atoms with van der Waals surface area (Å²) in [5.41, 5.74) is 1.32. The highest BCUT2D eigenvalue weighted by atomic mass is 16.5. The van der Waals surface area contributed by atoms with Crippen molar-refractivity contribution >= 4 is 0 Å². The van der Waals surface area contributed by atoms with Crippen LogP contribution in [0.2, 0.25) is 0 Å². The lowest BCUT2D eigenvalue weighted by Crippen LogP contribution is -2.40. The molecule has 2 atom stereocenters. The fraction of sp³-hybridized carbons (Fsp3) is 0.625. The molecule has 0 radical (unpaired) electrons. The Balaban J connectivity index is 2.03. The highest BCUT2D eigenvalue weighted by Crippen LogP contribution is 2.31. The number of nitrogens with one attached hydrogen (secondary N) is 1. The number of nitrogens with zero attached hydrogens (tertiary/aromatic N) is 1. The van der Waals surface area contributed by atoms with E-state index in [0.29, 0.717) is 12.1 Å². The normalized spacial score (nSPS) is 18.4. The highest BCUT2D eigenvalue weighted by Gasteiger charge is 2.27. The smallest absolute Gasteiger partial charge is 0.118 e. The highest BCUT2D eigenvalue weighted by molar-refractivity contribution is 5.29. The predicted octanol–water partition coefficient (Wildman–Crippen LogP) is 2.69. The number of likely N-dealkylation sites (N-methyl/N-ethyl adjacent to an activating group) is 2. The van der Waals surface area contributed by atoms with Gasteiger partial charge in [-0.05, 0) is 57.5 Å². The Hall–Kier alpha value is -1.06. The van der Waals surface area contributed by atoms with Crippen molar-refractivity contribution in [2.45, 2.75) is 31.8 Å². The zero-order chi connectivity index (χ0) is 13.8. The van der Waals surface area contributed by atoms with E-state index >= 15 is 0 Å². The molecule has 19 heavy (non-hydrogen) atoms. The third kappa shape index (κ3) is 3.71. The van der Waals surface area contributed by atoms with Crippen LogP contribution in [0.3, 0.4) is 0 Å². The summed E-state index contributed by atoms with van der Waals surface area (Å²) in [6.45, 7) is 3.52. The van der Waals surface area contributed by atoms with Gasteiger partial charge in [-0.15, -0.1) is 0 Å². The monoisotopic (exact) mass is 262 g/mol. The molecular weight excluding hydrogens is 236 g/mol. The van der Waals surface area contributed by atoms with Crippen LogP contribution < -0.4 is 10.1 Å². The molecular formula is C16H26N2O. The van der Waals surface area contributed by atoms with Crippen LogP contribution in [-0.2, 0) is 0 Å². The van der Waals surface area contributed by atoms with Crippen LogP contribution in [-0.4, -0.2) is 38.7 Å². The van der Waals surface area contributed by atoms with E-state index in [0.717, 1.165) is 11.7 Å². The second-order valence-corrected chi connectivity index (χ2v) is 5.66. The number of hydrogen-bond donors (Lipinski definition) is 1. The molecule has 1 aliphatic carbocycles. The summed E-state index contributed by atoms with van der Waals surface area (Å²) in [6, 6.07) is 9.22. The van der Waals surface area contributed by atoms with E-state index in [-0.39, 0.29) is 0 Å². The standard InChI is InChI=1S/C16H26N2O/c1-12(18(3)11-13-5-6-13)16(17-2)14-7-9-15(19-4)10-8-14/h7-10,12-13,16-17H,5-6,11H2,1-4H3. The number of ether oxygens (including phenoxy) is 1. The SMILES string of the molecule is CNC(c1ccc(OC)cc1)C(C)N(C)CC1CC1. The van der Waals surface area contributed by atoms with E-state index in [9.17, 15) is 0 Å². The van der Waals surface area contributed by atoms with Crippen LogP contribution in [0, 0.1) is 5.92 Å². The Morgan fingerprint density at radius 2 is 1.95 bits per heavy atom. The quantitative estimate of drug-likeness (QED) is 0.817. The summed E-state index contributed by atoms with van der Waals surface area (Å²) >= 11 is 0. The van der Waals surface area contributed by atoms with Gasteiger partial charge in [-0.3, -0.25) is 0 Å². The van der Waals surface area contributed by atoms with Gasteiger partial charge in [0.2, 0.25) is 0 Å². The maximum absolute atomic E-state index is 5.22. The van der Waals surface area contributed by atoms with Crippen LogP contribution in [0.1, 0.15) is 31.4 Å². The summed E-state index contributed by atoms with van der Waals surface area (Å²) in [6.07, 6.45) is 2.81. The molecule has 2 rings (SSSR count). The van der Waals surface area contributed by atoms with E-state index < -0.39 is 0 Å². The first-order valence-electron chi connectivity index (χ1n) is 7.17. The van der Waals surface area contributed by atoms with Crippen LogP contribution in [0.4, 0.5) is 0 Å². The Bertz CT molecular complexity index is 386. The predicted molar refractivity (Wildman–Crippen MR) is 79.6 cm³/mol. The van der Waals surface area contributed by atoms with Crippen molar-refractivity contribution in [3.8, 4) is 5.75 Å². The van der Waals surface area contributed by atoms with Gasteiger partial charge >= 0.3 is 0 Å². The molecule has 0 saturated heterocycles. The van der Waals surface area contributed by atoms with Crippen molar-refractivity contribution in [2.24, 2.45) is 5.92 Å². The zero-order valence-corrected chi connectivity index (χ0v) is 12.5. The Morgan fingerprint density at radius 3 is 2.42 bits per heavy atom. The third-order valence-electron chi connectivity index (χ3n) is 4.21. The molecule has 0 aromatic heterocycles. The lowest BCUT2D eigenvalue weighted by Gasteiger charge is -2.32. The van der Waals surface area contributed by atoms with Crippen molar-refractivity contribution in [2.75, 3.05) is 27.7 Å². The average molecular weight is 262 g/mol. The molecule has 0 bridgehead atoms. The first-order chi connectivity index (χ1) is 9.15. The molecule has 3 nitrogen and oxygen atoms in total. The first-order valence-corrected chi connectivity index (χ1v) is 7.17. The Morgan fingerprint density at radius 1 is 1.32 bits per heavy atom. The van der Waals surface area contributed by atoms with E-state index in [2.05, 4.69) is 36.3 Å². The summed E-state index contributed by atoms with van der Waals surface area (Å²) < 4.78 is 5.22. The molecule has 1 aromatic rings. The minimum atomic E-state index is 0.356. The molecule has 1 N–H and O–H groups in total. The minimum Gasteiger partial charge on any atom is -0.497 e. The average Bonchev–Trinajstić information content (AvgIpc) is 3.24. The van der Waals surface area contributed by atoms with Crippen molar-refractivity contribution in [3.63, 3.8) is 0 Å². The van der Waals surface area contributed by atoms with Crippen LogP contribution in [0.15, 0.2) is 24.3 Å². The molecule has 1 aliphatic rings. The number of methoxy groups -OCH3 is 1. The van der Waals surface area contributed by atoms with Gasteiger partial charge in [0, 0.05) is 18.6 Å². The summed E-state index contributed by atoms with van der Waals surface area (Å²) in [5.74, 6) is 1.85. The Labute approximate surface area is 116 Å². The van der Waals surface area contributed by atoms with Crippen molar-refractivity contribution < 1.29 is 4.74 Å². The maximum Gasteiger partial charge on any atom is 0.118 e. The topological polar surface area (TPSA) is 24.5 Å². The van der Waals surface area contributed by atoms with Crippen molar-refractivity contribution in [1.82, 2.24) is 10.2 Å².